The number of nitrogens with two attached hydrogens (primary N) is 1. The number of amides is 1. The van der Waals surface area contributed by atoms with Crippen LogP contribution in [-0.4, -0.2) is 17.9 Å². The van der Waals surface area contributed by atoms with Crippen molar-refractivity contribution in [3.05, 3.63) is 66.0 Å². The molecule has 108 valence electrons. The number of halogens is 1. The van der Waals surface area contributed by atoms with Gasteiger partial charge in [-0.2, -0.15) is 0 Å². The molecule has 0 saturated heterocycles. The minimum absolute atomic E-state index is 0.0921. The Labute approximate surface area is 128 Å². The number of likely N-dealkylation sites (N-methyl/N-ethyl adjacent to an activating group) is 1. The summed E-state index contributed by atoms with van der Waals surface area (Å²) in [7, 11) is 1.57. The van der Waals surface area contributed by atoms with Gasteiger partial charge in [0.15, 0.2) is 0 Å². The highest BCUT2D eigenvalue weighted by Gasteiger charge is 2.27. The van der Waals surface area contributed by atoms with Crippen LogP contribution in [-0.2, 0) is 4.79 Å². The van der Waals surface area contributed by atoms with Crippen molar-refractivity contribution in [3.63, 3.8) is 0 Å². The first-order valence-corrected chi connectivity index (χ1v) is 6.79. The Balaban J connectivity index is 2.33. The summed E-state index contributed by atoms with van der Waals surface area (Å²) in [5.74, 6) is -1.42. The van der Waals surface area contributed by atoms with Gasteiger partial charge in [0, 0.05) is 12.7 Å². The standard InChI is InChI=1S/C16H15FN2OS/c1-19(13-9-5-8-12(17)10-13)16(20)14(15(18)21)11-6-3-2-4-7-11/h2-10,14H,1H3,(H2,18,21). The molecule has 2 aromatic rings. The van der Waals surface area contributed by atoms with Crippen LogP contribution in [0.25, 0.3) is 0 Å². The van der Waals surface area contributed by atoms with Gasteiger partial charge < -0.3 is 10.6 Å². The molecule has 21 heavy (non-hydrogen) atoms. The van der Waals surface area contributed by atoms with Crippen molar-refractivity contribution in [3.8, 4) is 0 Å². The summed E-state index contributed by atoms with van der Waals surface area (Å²) >= 11 is 5.03. The quantitative estimate of drug-likeness (QED) is 0.883. The van der Waals surface area contributed by atoms with Gasteiger partial charge in [-0.05, 0) is 23.8 Å². The highest BCUT2D eigenvalue weighted by atomic mass is 32.1. The molecule has 0 bridgehead atoms. The van der Waals surface area contributed by atoms with Crippen molar-refractivity contribution >= 4 is 28.8 Å². The molecule has 0 aliphatic rings. The average Bonchev–Trinajstić information content (AvgIpc) is 2.47. The van der Waals surface area contributed by atoms with E-state index in [0.29, 0.717) is 5.69 Å². The molecule has 1 unspecified atom stereocenters. The zero-order valence-electron chi connectivity index (χ0n) is 11.5. The SMILES string of the molecule is CN(C(=O)C(C(N)=S)c1ccccc1)c1cccc(F)c1. The van der Waals surface area contributed by atoms with Crippen LogP contribution >= 0.6 is 12.2 Å². The van der Waals surface area contributed by atoms with Gasteiger partial charge in [-0.3, -0.25) is 4.79 Å². The second kappa shape index (κ2) is 6.45. The molecule has 3 nitrogen and oxygen atoms in total. The summed E-state index contributed by atoms with van der Waals surface area (Å²) in [6.45, 7) is 0. The van der Waals surface area contributed by atoms with Crippen molar-refractivity contribution in [2.24, 2.45) is 5.73 Å². The van der Waals surface area contributed by atoms with Crippen LogP contribution in [0.3, 0.4) is 0 Å². The minimum Gasteiger partial charge on any atom is -0.392 e. The molecule has 0 spiro atoms. The van der Waals surface area contributed by atoms with E-state index in [9.17, 15) is 9.18 Å². The number of nitrogens with zero attached hydrogens (tertiary/aromatic N) is 1. The first kappa shape index (κ1) is 15.1. The first-order valence-electron chi connectivity index (χ1n) is 6.38. The monoisotopic (exact) mass is 302 g/mol. The molecule has 0 aliphatic heterocycles. The number of carbonyl (C=O) groups is 1. The number of carbonyl (C=O) groups excluding carboxylic acids is 1. The fourth-order valence-corrected chi connectivity index (χ4v) is 2.32. The summed E-state index contributed by atoms with van der Waals surface area (Å²) < 4.78 is 13.3. The van der Waals surface area contributed by atoms with Crippen molar-refractivity contribution in [1.82, 2.24) is 0 Å². The highest BCUT2D eigenvalue weighted by Crippen LogP contribution is 2.22. The number of anilines is 1. The van der Waals surface area contributed by atoms with Gasteiger partial charge in [0.25, 0.3) is 0 Å². The number of rotatable bonds is 4. The Morgan fingerprint density at radius 3 is 2.43 bits per heavy atom. The lowest BCUT2D eigenvalue weighted by atomic mass is 9.97. The molecule has 0 aliphatic carbocycles. The van der Waals surface area contributed by atoms with Gasteiger partial charge in [-0.1, -0.05) is 48.6 Å². The van der Waals surface area contributed by atoms with Gasteiger partial charge in [0.2, 0.25) is 5.91 Å². The maximum atomic E-state index is 13.3. The van der Waals surface area contributed by atoms with Gasteiger partial charge in [0.1, 0.15) is 11.7 Å². The van der Waals surface area contributed by atoms with E-state index in [1.165, 1.54) is 17.0 Å². The van der Waals surface area contributed by atoms with Crippen LogP contribution in [0, 0.1) is 5.82 Å². The Bertz CT molecular complexity index is 660. The van der Waals surface area contributed by atoms with Crippen LogP contribution in [0.15, 0.2) is 54.6 Å². The van der Waals surface area contributed by atoms with E-state index in [4.69, 9.17) is 18.0 Å². The largest absolute Gasteiger partial charge is 0.392 e. The van der Waals surface area contributed by atoms with Crippen LogP contribution in [0.2, 0.25) is 0 Å². The lowest BCUT2D eigenvalue weighted by Crippen LogP contribution is -2.37. The predicted molar refractivity (Wildman–Crippen MR) is 85.8 cm³/mol. The molecular weight excluding hydrogens is 287 g/mol. The molecule has 5 heteroatoms. The van der Waals surface area contributed by atoms with Crippen LogP contribution in [0.4, 0.5) is 10.1 Å². The molecular formula is C16H15FN2OS. The van der Waals surface area contributed by atoms with Gasteiger partial charge in [-0.15, -0.1) is 0 Å². The number of hydrogen-bond donors (Lipinski definition) is 1. The molecule has 0 radical (unpaired) electrons. The fourth-order valence-electron chi connectivity index (χ4n) is 2.08. The number of thiocarbonyl (C=S) groups is 1. The number of benzene rings is 2. The topological polar surface area (TPSA) is 46.3 Å². The van der Waals surface area contributed by atoms with Crippen LogP contribution < -0.4 is 10.6 Å². The molecule has 0 saturated carbocycles. The molecule has 2 rings (SSSR count). The van der Waals surface area contributed by atoms with Crippen LogP contribution in [0.1, 0.15) is 11.5 Å². The lowest BCUT2D eigenvalue weighted by Gasteiger charge is -2.23. The second-order valence-electron chi connectivity index (χ2n) is 4.62. The van der Waals surface area contributed by atoms with Crippen molar-refractivity contribution < 1.29 is 9.18 Å². The van der Waals surface area contributed by atoms with Crippen molar-refractivity contribution in [2.45, 2.75) is 5.92 Å². The summed E-state index contributed by atoms with van der Waals surface area (Å²) in [6, 6.07) is 14.9. The molecule has 1 amide bonds. The van der Waals surface area contributed by atoms with E-state index in [1.807, 2.05) is 18.2 Å². The third-order valence-corrected chi connectivity index (χ3v) is 3.43. The molecule has 0 aromatic heterocycles. The van der Waals surface area contributed by atoms with Crippen molar-refractivity contribution in [2.75, 3.05) is 11.9 Å². The summed E-state index contributed by atoms with van der Waals surface area (Å²) in [5.41, 5.74) is 6.90. The Hall–Kier alpha value is -2.27. The third kappa shape index (κ3) is 3.44. The summed E-state index contributed by atoms with van der Waals surface area (Å²) in [5, 5.41) is 0. The number of hydrogen-bond acceptors (Lipinski definition) is 2. The first-order chi connectivity index (χ1) is 10.0. The second-order valence-corrected chi connectivity index (χ2v) is 5.09. The molecule has 2 aromatic carbocycles. The van der Waals surface area contributed by atoms with Crippen LogP contribution in [0.5, 0.6) is 0 Å². The van der Waals surface area contributed by atoms with E-state index >= 15 is 0 Å². The molecule has 0 heterocycles. The van der Waals surface area contributed by atoms with E-state index in [-0.39, 0.29) is 10.9 Å². The Kier molecular flexibility index (Phi) is 4.65. The van der Waals surface area contributed by atoms with E-state index in [0.717, 1.165) is 5.56 Å². The predicted octanol–water partition coefficient (Wildman–Crippen LogP) is 2.86. The normalized spacial score (nSPS) is 11.7. The zero-order valence-corrected chi connectivity index (χ0v) is 12.3. The molecule has 1 atom stereocenters. The summed E-state index contributed by atoms with van der Waals surface area (Å²) in [6.07, 6.45) is 0. The smallest absolute Gasteiger partial charge is 0.241 e. The van der Waals surface area contributed by atoms with E-state index in [2.05, 4.69) is 0 Å². The third-order valence-electron chi connectivity index (χ3n) is 3.19. The lowest BCUT2D eigenvalue weighted by molar-refractivity contribution is -0.118. The fraction of sp³-hybridized carbons (Fsp3) is 0.125. The van der Waals surface area contributed by atoms with Crippen molar-refractivity contribution in [1.29, 1.82) is 0 Å². The van der Waals surface area contributed by atoms with Gasteiger partial charge >= 0.3 is 0 Å². The zero-order chi connectivity index (χ0) is 15.4. The average molecular weight is 302 g/mol. The maximum Gasteiger partial charge on any atom is 0.241 e. The Morgan fingerprint density at radius 2 is 1.86 bits per heavy atom. The highest BCUT2D eigenvalue weighted by molar-refractivity contribution is 7.80. The molecule has 0 fully saturated rings. The molecule has 2 N–H and O–H groups in total. The van der Waals surface area contributed by atoms with E-state index < -0.39 is 11.7 Å². The Morgan fingerprint density at radius 1 is 1.19 bits per heavy atom. The maximum absolute atomic E-state index is 13.3. The van der Waals surface area contributed by atoms with E-state index in [1.54, 1.807) is 31.3 Å². The van der Waals surface area contributed by atoms with Gasteiger partial charge in [0.05, 0.1) is 4.99 Å². The minimum atomic E-state index is -0.727. The van der Waals surface area contributed by atoms with Gasteiger partial charge in [-0.25, -0.2) is 4.39 Å². The summed E-state index contributed by atoms with van der Waals surface area (Å²) in [4.78, 5) is 14.1.